The monoisotopic (exact) mass is 500 g/mol. The van der Waals surface area contributed by atoms with Crippen molar-refractivity contribution in [2.24, 2.45) is 0 Å². The number of thioether (sulfide) groups is 1. The van der Waals surface area contributed by atoms with Gasteiger partial charge in [-0.05, 0) is 45.4 Å². The Labute approximate surface area is 178 Å². The smallest absolute Gasteiger partial charge is 0.280 e. The molecule has 3 heterocycles. The largest absolute Gasteiger partial charge is 1.00 e. The van der Waals surface area contributed by atoms with Crippen LogP contribution >= 0.6 is 34.4 Å². The maximum atomic E-state index is 2.47. The molecule has 132 valence electrons. The lowest BCUT2D eigenvalue weighted by Gasteiger charge is -2.17. The lowest BCUT2D eigenvalue weighted by molar-refractivity contribution is -0.663. The Morgan fingerprint density at radius 1 is 1.12 bits per heavy atom. The second-order valence-corrected chi connectivity index (χ2v) is 9.19. The van der Waals surface area contributed by atoms with E-state index >= 15 is 0 Å². The van der Waals surface area contributed by atoms with Crippen LogP contribution in [0.4, 0.5) is 5.69 Å². The van der Waals surface area contributed by atoms with Crippen molar-refractivity contribution in [1.29, 1.82) is 0 Å². The molecule has 0 radical (unpaired) electrons. The number of thiazole rings is 1. The molecule has 3 aromatic rings. The van der Waals surface area contributed by atoms with Crippen LogP contribution in [-0.2, 0) is 6.54 Å². The molecule has 0 bridgehead atoms. The van der Waals surface area contributed by atoms with E-state index < -0.39 is 0 Å². The van der Waals surface area contributed by atoms with Gasteiger partial charge < -0.3 is 28.9 Å². The predicted octanol–water partition coefficient (Wildman–Crippen LogP) is 2.82. The van der Waals surface area contributed by atoms with Crippen molar-refractivity contribution in [3.8, 4) is 0 Å². The minimum Gasteiger partial charge on any atom is -1.00 e. The maximum absolute atomic E-state index is 2.47. The molecular formula is C19H21IN2S3. The molecule has 0 saturated heterocycles. The third-order valence-electron chi connectivity index (χ3n) is 4.55. The Hall–Kier alpha value is -0.570. The van der Waals surface area contributed by atoms with Gasteiger partial charge in [-0.25, -0.2) is 0 Å². The molecule has 1 aliphatic rings. The summed E-state index contributed by atoms with van der Waals surface area (Å²) in [5.41, 5.74) is 2.78. The first-order valence-corrected chi connectivity index (χ1v) is 10.8. The van der Waals surface area contributed by atoms with Crippen molar-refractivity contribution < 1.29 is 28.5 Å². The number of anilines is 1. The lowest BCUT2D eigenvalue weighted by atomic mass is 10.3. The molecule has 2 nitrogen and oxygen atoms in total. The minimum absolute atomic E-state index is 0. The second kappa shape index (κ2) is 7.58. The van der Waals surface area contributed by atoms with Gasteiger partial charge >= 0.3 is 0 Å². The molecule has 0 N–H and O–H groups in total. The van der Waals surface area contributed by atoms with Crippen LogP contribution in [0.15, 0.2) is 34.2 Å². The van der Waals surface area contributed by atoms with Gasteiger partial charge in [-0.3, -0.25) is 0 Å². The van der Waals surface area contributed by atoms with Crippen LogP contribution in [0.25, 0.3) is 15.6 Å². The third-order valence-corrected chi connectivity index (χ3v) is 8.27. The molecule has 4 rings (SSSR count). The minimum atomic E-state index is 0. The van der Waals surface area contributed by atoms with Crippen LogP contribution < -0.4 is 33.4 Å². The van der Waals surface area contributed by atoms with Gasteiger partial charge in [0.15, 0.2) is 0 Å². The Bertz CT molecular complexity index is 955. The van der Waals surface area contributed by atoms with Crippen LogP contribution in [-0.4, -0.2) is 6.54 Å². The Kier molecular flexibility index (Phi) is 5.82. The Morgan fingerprint density at radius 3 is 2.60 bits per heavy atom. The first-order valence-electron chi connectivity index (χ1n) is 8.32. The fourth-order valence-corrected chi connectivity index (χ4v) is 7.10. The van der Waals surface area contributed by atoms with Crippen LogP contribution in [0, 0.1) is 13.8 Å². The third kappa shape index (κ3) is 3.15. The summed E-state index contributed by atoms with van der Waals surface area (Å²) >= 11 is 5.74. The molecule has 25 heavy (non-hydrogen) atoms. The van der Waals surface area contributed by atoms with Gasteiger partial charge in [-0.15, -0.1) is 0 Å². The van der Waals surface area contributed by atoms with Crippen LogP contribution in [0.2, 0.25) is 0 Å². The van der Waals surface area contributed by atoms with E-state index in [0.29, 0.717) is 0 Å². The van der Waals surface area contributed by atoms with Gasteiger partial charge in [0.25, 0.3) is 9.84 Å². The summed E-state index contributed by atoms with van der Waals surface area (Å²) in [6.45, 7) is 11.0. The fraction of sp³-hybridized carbons (Fsp3) is 0.316. The highest BCUT2D eigenvalue weighted by atomic mass is 127. The zero-order valence-electron chi connectivity index (χ0n) is 14.8. The van der Waals surface area contributed by atoms with Gasteiger partial charge in [0.1, 0.15) is 11.2 Å². The number of hydrogen-bond donors (Lipinski definition) is 0. The molecular weight excluding hydrogens is 479 g/mol. The normalized spacial score (nSPS) is 15.0. The lowest BCUT2D eigenvalue weighted by Crippen LogP contribution is -3.00. The fourth-order valence-electron chi connectivity index (χ4n) is 3.14. The Morgan fingerprint density at radius 2 is 1.88 bits per heavy atom. The number of hydrogen-bond acceptors (Lipinski definition) is 4. The highest BCUT2D eigenvalue weighted by molar-refractivity contribution is 8.03. The highest BCUT2D eigenvalue weighted by Crippen LogP contribution is 2.46. The second-order valence-electron chi connectivity index (χ2n) is 5.90. The zero-order valence-corrected chi connectivity index (χ0v) is 19.4. The number of nitrogens with zero attached hydrogens (tertiary/aromatic N) is 2. The van der Waals surface area contributed by atoms with Gasteiger partial charge in [0.05, 0.1) is 16.8 Å². The first kappa shape index (κ1) is 19.2. The van der Waals surface area contributed by atoms with Gasteiger partial charge in [0.2, 0.25) is 0 Å². The van der Waals surface area contributed by atoms with E-state index in [1.54, 1.807) is 0 Å². The number of aromatic nitrogens is 1. The molecule has 0 spiro atoms. The van der Waals surface area contributed by atoms with E-state index in [0.717, 1.165) is 13.1 Å². The summed E-state index contributed by atoms with van der Waals surface area (Å²) in [7, 11) is 0. The number of para-hydroxylation sites is 1. The number of halogens is 1. The number of rotatable bonds is 3. The molecule has 0 atom stereocenters. The maximum Gasteiger partial charge on any atom is 0.280 e. The molecule has 1 aliphatic heterocycles. The summed E-state index contributed by atoms with van der Waals surface area (Å²) in [5, 5.41) is 2.69. The zero-order chi connectivity index (χ0) is 16.8. The quantitative estimate of drug-likeness (QED) is 0.404. The molecule has 0 fully saturated rings. The number of fused-ring (bicyclic) bond motifs is 2. The molecule has 0 aliphatic carbocycles. The molecule has 0 unspecified atom stereocenters. The number of thiophene rings is 1. The standard InChI is InChI=1S/C19H21N2S3.HI/c1-5-20-14-9-7-8-10-15(14)23-16(20)11-17-21(6-2)19-18(24-17)12(3)13(4)22-19;/h7-11H,5-6H2,1-4H3;1H/q+1;/p-1. The number of benzene rings is 1. The number of aryl methyl sites for hydroxylation is 3. The summed E-state index contributed by atoms with van der Waals surface area (Å²) in [5.74, 6) is 0. The first-order chi connectivity index (χ1) is 11.6. The van der Waals surface area contributed by atoms with E-state index in [2.05, 4.69) is 67.5 Å². The van der Waals surface area contributed by atoms with Crippen LogP contribution in [0.1, 0.15) is 29.3 Å². The molecule has 2 aromatic heterocycles. The molecule has 1 aromatic carbocycles. The van der Waals surface area contributed by atoms with Gasteiger partial charge in [-0.1, -0.05) is 46.6 Å². The predicted molar refractivity (Wildman–Crippen MR) is 108 cm³/mol. The van der Waals surface area contributed by atoms with Crippen molar-refractivity contribution in [1.82, 2.24) is 0 Å². The summed E-state index contributed by atoms with van der Waals surface area (Å²) in [4.78, 5) is 6.65. The average molecular weight is 500 g/mol. The average Bonchev–Trinajstić information content (AvgIpc) is 3.19. The van der Waals surface area contributed by atoms with Crippen molar-refractivity contribution in [2.75, 3.05) is 11.4 Å². The van der Waals surface area contributed by atoms with Crippen molar-refractivity contribution in [2.45, 2.75) is 39.1 Å². The van der Waals surface area contributed by atoms with Gasteiger partial charge in [0, 0.05) is 16.3 Å². The molecule has 0 saturated carbocycles. The summed E-state index contributed by atoms with van der Waals surface area (Å²) in [6.07, 6.45) is 2.38. The van der Waals surface area contributed by atoms with E-state index in [-0.39, 0.29) is 24.0 Å². The van der Waals surface area contributed by atoms with Crippen molar-refractivity contribution >= 4 is 55.7 Å². The van der Waals surface area contributed by atoms with Crippen molar-refractivity contribution in [3.05, 3.63) is 44.7 Å². The van der Waals surface area contributed by atoms with Crippen LogP contribution in [0.3, 0.4) is 0 Å². The summed E-state index contributed by atoms with van der Waals surface area (Å²) in [6, 6.07) is 8.70. The highest BCUT2D eigenvalue weighted by Gasteiger charge is 2.27. The molecule has 6 heteroatoms. The topological polar surface area (TPSA) is 7.12 Å². The van der Waals surface area contributed by atoms with E-state index in [1.807, 2.05) is 34.4 Å². The van der Waals surface area contributed by atoms with E-state index in [1.165, 1.54) is 40.6 Å². The van der Waals surface area contributed by atoms with E-state index in [9.17, 15) is 0 Å². The Balaban J connectivity index is 0.00000182. The van der Waals surface area contributed by atoms with E-state index in [4.69, 9.17) is 0 Å². The summed E-state index contributed by atoms with van der Waals surface area (Å²) < 4.78 is 3.92. The van der Waals surface area contributed by atoms with Crippen LogP contribution in [0.5, 0.6) is 0 Å². The van der Waals surface area contributed by atoms with Gasteiger partial charge in [-0.2, -0.15) is 4.57 Å². The van der Waals surface area contributed by atoms with Crippen molar-refractivity contribution in [3.63, 3.8) is 0 Å². The molecule has 0 amide bonds. The SMILES string of the molecule is CCN1/C(=C/c2sc3c(C)c(C)sc3[n+]2CC)Sc2ccccc21.[I-].